The lowest BCUT2D eigenvalue weighted by Gasteiger charge is -1.70. The second-order valence-corrected chi connectivity index (χ2v) is 1.26. The van der Waals surface area contributed by atoms with E-state index in [0.717, 1.165) is 7.11 Å². The van der Waals surface area contributed by atoms with Crippen LogP contribution in [0.1, 0.15) is 13.8 Å². The van der Waals surface area contributed by atoms with E-state index in [9.17, 15) is 0 Å². The monoisotopic (exact) mass is 178 g/mol. The molecular formula is C9H22O3. The van der Waals surface area contributed by atoms with E-state index in [1.807, 2.05) is 13.8 Å². The van der Waals surface area contributed by atoms with Gasteiger partial charge >= 0.3 is 0 Å². The molecule has 0 aliphatic heterocycles. The largest absolute Gasteiger partial charge is 0.400 e. The summed E-state index contributed by atoms with van der Waals surface area (Å²) < 4.78 is 0. The predicted octanol–water partition coefficient (Wildman–Crippen LogP) is 0.964. The van der Waals surface area contributed by atoms with Gasteiger partial charge in [0.2, 0.25) is 0 Å². The zero-order valence-corrected chi connectivity index (χ0v) is 8.32. The van der Waals surface area contributed by atoms with Crippen molar-refractivity contribution in [2.75, 3.05) is 20.3 Å². The minimum Gasteiger partial charge on any atom is -0.400 e. The van der Waals surface area contributed by atoms with Gasteiger partial charge in [-0.3, -0.25) is 0 Å². The summed E-state index contributed by atoms with van der Waals surface area (Å²) in [5.41, 5.74) is 0. The van der Waals surface area contributed by atoms with Crippen molar-refractivity contribution in [1.29, 1.82) is 0 Å². The molecule has 76 valence electrons. The molecule has 0 aliphatic rings. The van der Waals surface area contributed by atoms with Crippen molar-refractivity contribution in [3.05, 3.63) is 25.3 Å². The first kappa shape index (κ1) is 22.5. The number of rotatable bonds is 1. The summed E-state index contributed by atoms with van der Waals surface area (Å²) in [6, 6.07) is 0. The summed E-state index contributed by atoms with van der Waals surface area (Å²) in [5.74, 6) is 0. The van der Waals surface area contributed by atoms with Crippen LogP contribution in [-0.4, -0.2) is 35.6 Å². The van der Waals surface area contributed by atoms with Gasteiger partial charge in [0.15, 0.2) is 0 Å². The Balaban J connectivity index is -0.0000000368. The molecule has 3 heteroatoms. The quantitative estimate of drug-likeness (QED) is 0.524. The molecule has 0 bridgehead atoms. The van der Waals surface area contributed by atoms with Gasteiger partial charge in [-0.05, 0) is 13.8 Å². The fourth-order valence-electron chi connectivity index (χ4n) is 0. The average Bonchev–Trinajstić information content (AvgIpc) is 2.10. The van der Waals surface area contributed by atoms with Gasteiger partial charge in [0.05, 0.1) is 13.2 Å². The van der Waals surface area contributed by atoms with Crippen LogP contribution in [-0.2, 0) is 0 Å². The van der Waals surface area contributed by atoms with E-state index in [4.69, 9.17) is 15.3 Å². The highest BCUT2D eigenvalue weighted by Crippen LogP contribution is 1.39. The highest BCUT2D eigenvalue weighted by Gasteiger charge is 1.58. The summed E-state index contributed by atoms with van der Waals surface area (Å²) in [6.07, 6.45) is 3.50. The first-order valence-corrected chi connectivity index (χ1v) is 3.55. The first-order valence-electron chi connectivity index (χ1n) is 3.55. The Kier molecular flexibility index (Phi) is 151. The summed E-state index contributed by atoms with van der Waals surface area (Å²) in [5, 5.41) is 22.2. The minimum absolute atomic E-state index is 0.125. The van der Waals surface area contributed by atoms with E-state index in [0.29, 0.717) is 0 Å². The number of allylic oxidation sites excluding steroid dienone is 2. The Morgan fingerprint density at radius 2 is 1.00 bits per heavy atom. The molecule has 0 saturated carbocycles. The maximum atomic E-state index is 7.62. The van der Waals surface area contributed by atoms with Crippen molar-refractivity contribution in [3.8, 4) is 0 Å². The first-order chi connectivity index (χ1) is 5.74. The Morgan fingerprint density at radius 3 is 1.00 bits per heavy atom. The van der Waals surface area contributed by atoms with Crippen LogP contribution in [0.4, 0.5) is 0 Å². The fraction of sp³-hybridized carbons (Fsp3) is 0.556. The Hall–Kier alpha value is -0.640. The number of aliphatic hydroxyl groups is 3. The summed E-state index contributed by atoms with van der Waals surface area (Å²) in [4.78, 5) is 0. The molecule has 0 aromatic rings. The van der Waals surface area contributed by atoms with E-state index in [-0.39, 0.29) is 13.2 Å². The summed E-state index contributed by atoms with van der Waals surface area (Å²) in [6.45, 7) is 10.2. The van der Waals surface area contributed by atoms with Crippen molar-refractivity contribution in [3.63, 3.8) is 0 Å². The smallest absolute Gasteiger partial charge is 0.0662 e. The lowest BCUT2D eigenvalue weighted by molar-refractivity contribution is 0.186. The molecule has 0 amide bonds. The molecule has 0 aromatic carbocycles. The van der Waals surface area contributed by atoms with Gasteiger partial charge in [-0.1, -0.05) is 12.2 Å². The van der Waals surface area contributed by atoms with Crippen LogP contribution in [0, 0.1) is 0 Å². The van der Waals surface area contributed by atoms with Crippen molar-refractivity contribution in [1.82, 2.24) is 0 Å². The maximum Gasteiger partial charge on any atom is 0.0662 e. The van der Waals surface area contributed by atoms with Crippen molar-refractivity contribution in [2.24, 2.45) is 0 Å². The lowest BCUT2D eigenvalue weighted by Crippen LogP contribution is -1.85. The molecule has 3 nitrogen and oxygen atoms in total. The minimum atomic E-state index is -0.125. The third-order valence-corrected chi connectivity index (χ3v) is 0.1000. The highest BCUT2D eigenvalue weighted by molar-refractivity contribution is 4.51. The van der Waals surface area contributed by atoms with Crippen LogP contribution in [0.2, 0.25) is 0 Å². The Morgan fingerprint density at radius 1 is 0.917 bits per heavy atom. The molecular weight excluding hydrogens is 156 g/mol. The molecule has 0 unspecified atom stereocenters. The van der Waals surface area contributed by atoms with E-state index < -0.39 is 0 Å². The molecule has 0 fully saturated rings. The SMILES string of the molecule is C=CC.C=CC.CO.OCCO. The van der Waals surface area contributed by atoms with Gasteiger partial charge in [0, 0.05) is 7.11 Å². The normalized spacial score (nSPS) is 5.17. The number of hydrogen-bond acceptors (Lipinski definition) is 3. The molecule has 0 heterocycles. The molecule has 0 rings (SSSR count). The fourth-order valence-corrected chi connectivity index (χ4v) is 0. The van der Waals surface area contributed by atoms with Crippen LogP contribution in [0.3, 0.4) is 0 Å². The van der Waals surface area contributed by atoms with Gasteiger partial charge in [-0.15, -0.1) is 13.2 Å². The van der Waals surface area contributed by atoms with E-state index >= 15 is 0 Å². The van der Waals surface area contributed by atoms with Gasteiger partial charge in [0.25, 0.3) is 0 Å². The molecule has 12 heavy (non-hydrogen) atoms. The van der Waals surface area contributed by atoms with Gasteiger partial charge < -0.3 is 15.3 Å². The van der Waals surface area contributed by atoms with Crippen molar-refractivity contribution >= 4 is 0 Å². The zero-order valence-electron chi connectivity index (χ0n) is 8.32. The molecule has 0 radical (unpaired) electrons. The summed E-state index contributed by atoms with van der Waals surface area (Å²) in [7, 11) is 1.00. The van der Waals surface area contributed by atoms with Gasteiger partial charge in [-0.25, -0.2) is 0 Å². The number of hydrogen-bond donors (Lipinski definition) is 3. The van der Waals surface area contributed by atoms with Gasteiger partial charge in [0.1, 0.15) is 0 Å². The summed E-state index contributed by atoms with van der Waals surface area (Å²) >= 11 is 0. The third-order valence-electron chi connectivity index (χ3n) is 0.1000. The van der Waals surface area contributed by atoms with Crippen LogP contribution in [0.5, 0.6) is 0 Å². The molecule has 0 atom stereocenters. The molecule has 0 aliphatic carbocycles. The van der Waals surface area contributed by atoms with Crippen molar-refractivity contribution < 1.29 is 15.3 Å². The maximum absolute atomic E-state index is 7.62. The van der Waals surface area contributed by atoms with Crippen LogP contribution in [0.15, 0.2) is 25.3 Å². The van der Waals surface area contributed by atoms with E-state index in [1.165, 1.54) is 0 Å². The highest BCUT2D eigenvalue weighted by atomic mass is 16.3. The zero-order chi connectivity index (χ0) is 10.8. The van der Waals surface area contributed by atoms with E-state index in [1.54, 1.807) is 12.2 Å². The van der Waals surface area contributed by atoms with Crippen LogP contribution in [0.25, 0.3) is 0 Å². The predicted molar refractivity (Wildman–Crippen MR) is 54.1 cm³/mol. The standard InChI is InChI=1S/2C3H6.C2H6O2.CH4O/c2*1-3-2;3-1-2-4;1-2/h2*3H,1H2,2H3;3-4H,1-2H2;2H,1H3. The Labute approximate surface area is 75.7 Å². The van der Waals surface area contributed by atoms with Crippen LogP contribution >= 0.6 is 0 Å². The number of aliphatic hydroxyl groups excluding tert-OH is 3. The van der Waals surface area contributed by atoms with E-state index in [2.05, 4.69) is 13.2 Å². The second kappa shape index (κ2) is 80.4. The average molecular weight is 178 g/mol. The topological polar surface area (TPSA) is 60.7 Å². The van der Waals surface area contributed by atoms with Gasteiger partial charge in [-0.2, -0.15) is 0 Å². The molecule has 0 saturated heterocycles. The second-order valence-electron chi connectivity index (χ2n) is 1.26. The van der Waals surface area contributed by atoms with Crippen molar-refractivity contribution in [2.45, 2.75) is 13.8 Å². The molecule has 3 N–H and O–H groups in total. The molecule has 0 aromatic heterocycles. The molecule has 0 spiro atoms. The third kappa shape index (κ3) is 5050. The Bertz CT molecular complexity index is 45.7. The lowest BCUT2D eigenvalue weighted by atomic mass is 10.8. The van der Waals surface area contributed by atoms with Crippen LogP contribution < -0.4 is 0 Å².